The summed E-state index contributed by atoms with van der Waals surface area (Å²) in [5.41, 5.74) is -1.13. The lowest BCUT2D eigenvalue weighted by atomic mass is 9.86. The molecule has 0 aliphatic carbocycles. The molecular formula is C23H24BrCl2NO3. The Kier molecular flexibility index (Phi) is 6.71. The summed E-state index contributed by atoms with van der Waals surface area (Å²) in [5, 5.41) is 12.7. The topological polar surface area (TPSA) is 46.5 Å². The summed E-state index contributed by atoms with van der Waals surface area (Å²) in [6.45, 7) is 0. The SMILES string of the molecule is C[N+]1(C)C2C=C[C@@H]1CC(OC(=O)C(O)(c1ccc(Cl)cc1)c1ccc(Cl)cc1)C2.[Br-]. The number of halogens is 3. The maximum absolute atomic E-state index is 13.3. The van der Waals surface area contributed by atoms with Crippen molar-refractivity contribution in [2.45, 2.75) is 36.6 Å². The third-order valence-electron chi connectivity index (χ3n) is 6.37. The average Bonchev–Trinajstić information content (AvgIpc) is 2.85. The van der Waals surface area contributed by atoms with Crippen LogP contribution in [0.3, 0.4) is 0 Å². The molecule has 0 spiro atoms. The van der Waals surface area contributed by atoms with E-state index < -0.39 is 11.6 Å². The number of rotatable bonds is 4. The molecule has 0 radical (unpaired) electrons. The van der Waals surface area contributed by atoms with Gasteiger partial charge >= 0.3 is 5.97 Å². The summed E-state index contributed by atoms with van der Waals surface area (Å²) in [4.78, 5) is 13.3. The van der Waals surface area contributed by atoms with E-state index in [1.165, 1.54) is 0 Å². The number of carbonyl (C=O) groups is 1. The molecule has 2 aliphatic heterocycles. The van der Waals surface area contributed by atoms with Crippen LogP contribution in [-0.2, 0) is 15.1 Å². The van der Waals surface area contributed by atoms with Gasteiger partial charge in [-0.3, -0.25) is 0 Å². The van der Waals surface area contributed by atoms with Crippen molar-refractivity contribution in [1.29, 1.82) is 0 Å². The van der Waals surface area contributed by atoms with Crippen molar-refractivity contribution >= 4 is 29.2 Å². The van der Waals surface area contributed by atoms with Crippen LogP contribution in [0, 0.1) is 0 Å². The van der Waals surface area contributed by atoms with Gasteiger partial charge in [0.2, 0.25) is 5.60 Å². The summed E-state index contributed by atoms with van der Waals surface area (Å²) >= 11 is 12.0. The first kappa shape index (κ1) is 23.3. The Morgan fingerprint density at radius 1 is 0.933 bits per heavy atom. The van der Waals surface area contributed by atoms with E-state index in [9.17, 15) is 9.90 Å². The first-order valence-corrected chi connectivity index (χ1v) is 10.4. The van der Waals surface area contributed by atoms with E-state index in [1.807, 2.05) is 0 Å². The molecule has 1 saturated heterocycles. The molecule has 4 nitrogen and oxygen atoms in total. The van der Waals surface area contributed by atoms with Crippen molar-refractivity contribution < 1.29 is 36.1 Å². The highest BCUT2D eigenvalue weighted by molar-refractivity contribution is 6.30. The predicted molar refractivity (Wildman–Crippen MR) is 114 cm³/mol. The predicted octanol–water partition coefficient (Wildman–Crippen LogP) is 1.32. The Morgan fingerprint density at radius 3 is 1.73 bits per heavy atom. The van der Waals surface area contributed by atoms with Gasteiger partial charge in [-0.1, -0.05) is 47.5 Å². The molecule has 160 valence electrons. The van der Waals surface area contributed by atoms with Crippen LogP contribution in [0.2, 0.25) is 10.0 Å². The Morgan fingerprint density at radius 2 is 1.33 bits per heavy atom. The summed E-state index contributed by atoms with van der Waals surface area (Å²) < 4.78 is 6.78. The van der Waals surface area contributed by atoms with Crippen molar-refractivity contribution in [3.05, 3.63) is 81.9 Å². The standard InChI is InChI=1S/C23H24Cl2NO3.BrH/c1-26(2)19-11-12-20(26)14-21(13-19)29-22(27)23(28,15-3-7-17(24)8-4-15)16-5-9-18(25)10-6-16;/h3-12,19-21,28H,13-14H2,1-2H3;1H/q+1;/p-1/t19-,20?,21?;/m1./s1. The minimum Gasteiger partial charge on any atom is -1.00 e. The highest BCUT2D eigenvalue weighted by Crippen LogP contribution is 2.38. The highest BCUT2D eigenvalue weighted by Gasteiger charge is 2.49. The number of fused-ring (bicyclic) bond motifs is 2. The van der Waals surface area contributed by atoms with Gasteiger partial charge in [0.1, 0.15) is 18.2 Å². The van der Waals surface area contributed by atoms with Crippen LogP contribution in [0.1, 0.15) is 24.0 Å². The molecule has 2 aliphatic rings. The summed E-state index contributed by atoms with van der Waals surface area (Å²) in [5.74, 6) is -0.682. The van der Waals surface area contributed by atoms with Gasteiger partial charge in [-0.05, 0) is 47.5 Å². The van der Waals surface area contributed by atoms with Crippen LogP contribution in [0.25, 0.3) is 0 Å². The van der Waals surface area contributed by atoms with Gasteiger partial charge in [-0.2, -0.15) is 0 Å². The number of esters is 1. The molecule has 30 heavy (non-hydrogen) atoms. The van der Waals surface area contributed by atoms with Crippen LogP contribution in [0.15, 0.2) is 60.7 Å². The lowest BCUT2D eigenvalue weighted by Crippen LogP contribution is -3.00. The van der Waals surface area contributed by atoms with E-state index >= 15 is 0 Å². The molecule has 7 heteroatoms. The zero-order chi connectivity index (χ0) is 20.8. The molecule has 4 rings (SSSR count). The molecule has 2 bridgehead atoms. The minimum atomic E-state index is -1.94. The molecule has 0 saturated carbocycles. The van der Waals surface area contributed by atoms with E-state index in [4.69, 9.17) is 27.9 Å². The van der Waals surface area contributed by atoms with E-state index in [-0.39, 0.29) is 23.1 Å². The number of quaternary nitrogens is 1. The first-order valence-electron chi connectivity index (χ1n) is 9.68. The number of aliphatic hydroxyl groups is 1. The molecule has 2 aromatic carbocycles. The van der Waals surface area contributed by atoms with Gasteiger partial charge in [0.05, 0.1) is 14.1 Å². The van der Waals surface area contributed by atoms with E-state index in [1.54, 1.807) is 48.5 Å². The third kappa shape index (κ3) is 4.06. The normalized spacial score (nSPS) is 24.2. The quantitative estimate of drug-likeness (QED) is 0.382. The maximum atomic E-state index is 13.3. The second-order valence-electron chi connectivity index (χ2n) is 8.37. The minimum absolute atomic E-state index is 0. The summed E-state index contributed by atoms with van der Waals surface area (Å²) in [6, 6.07) is 13.8. The van der Waals surface area contributed by atoms with Gasteiger partial charge < -0.3 is 31.3 Å². The van der Waals surface area contributed by atoms with Gasteiger partial charge in [0.15, 0.2) is 0 Å². The Bertz CT molecular complexity index is 880. The zero-order valence-electron chi connectivity index (χ0n) is 16.8. The number of likely N-dealkylation sites (N-methyl/N-ethyl adjacent to an activating group) is 1. The number of benzene rings is 2. The number of carbonyl (C=O) groups excluding carboxylic acids is 1. The van der Waals surface area contributed by atoms with Gasteiger partial charge in [0, 0.05) is 22.9 Å². The molecule has 3 atom stereocenters. The van der Waals surface area contributed by atoms with Crippen LogP contribution in [-0.4, -0.2) is 47.8 Å². The molecule has 2 heterocycles. The summed E-state index contributed by atoms with van der Waals surface area (Å²) in [6.07, 6.45) is 5.66. The fourth-order valence-corrected chi connectivity index (χ4v) is 4.65. The van der Waals surface area contributed by atoms with E-state index in [0.29, 0.717) is 33.3 Å². The lowest BCUT2D eigenvalue weighted by molar-refractivity contribution is -0.926. The molecule has 2 aromatic rings. The number of ether oxygens (including phenoxy) is 1. The van der Waals surface area contributed by atoms with Crippen molar-refractivity contribution in [2.24, 2.45) is 0 Å². The first-order chi connectivity index (χ1) is 13.7. The third-order valence-corrected chi connectivity index (χ3v) is 6.87. The van der Waals surface area contributed by atoms with Crippen molar-refractivity contribution in [2.75, 3.05) is 14.1 Å². The fraction of sp³-hybridized carbons (Fsp3) is 0.348. The Hall–Kier alpha value is -1.37. The molecule has 1 fully saturated rings. The van der Waals surface area contributed by atoms with Gasteiger partial charge in [-0.15, -0.1) is 0 Å². The van der Waals surface area contributed by atoms with E-state index in [2.05, 4.69) is 26.2 Å². The maximum Gasteiger partial charge on any atom is 0.347 e. The molecule has 1 N–H and O–H groups in total. The monoisotopic (exact) mass is 511 g/mol. The van der Waals surface area contributed by atoms with Gasteiger partial charge in [-0.25, -0.2) is 4.79 Å². The lowest BCUT2D eigenvalue weighted by Gasteiger charge is -2.44. The summed E-state index contributed by atoms with van der Waals surface area (Å²) in [7, 11) is 4.40. The Labute approximate surface area is 197 Å². The average molecular weight is 513 g/mol. The largest absolute Gasteiger partial charge is 1.00 e. The van der Waals surface area contributed by atoms with Crippen molar-refractivity contribution in [3.63, 3.8) is 0 Å². The van der Waals surface area contributed by atoms with Crippen molar-refractivity contribution in [1.82, 2.24) is 0 Å². The number of piperidine rings is 1. The zero-order valence-corrected chi connectivity index (χ0v) is 19.9. The Balaban J connectivity index is 0.00000256. The molecular weight excluding hydrogens is 489 g/mol. The van der Waals surface area contributed by atoms with Crippen molar-refractivity contribution in [3.8, 4) is 0 Å². The number of nitrogens with zero attached hydrogens (tertiary/aromatic N) is 1. The second-order valence-corrected chi connectivity index (χ2v) is 9.24. The van der Waals surface area contributed by atoms with Crippen LogP contribution in [0.5, 0.6) is 0 Å². The van der Waals surface area contributed by atoms with Crippen LogP contribution >= 0.6 is 23.2 Å². The molecule has 0 aromatic heterocycles. The highest BCUT2D eigenvalue weighted by atomic mass is 79.9. The van der Waals surface area contributed by atoms with Crippen LogP contribution in [0.4, 0.5) is 0 Å². The van der Waals surface area contributed by atoms with E-state index in [0.717, 1.165) is 17.3 Å². The molecule has 0 amide bonds. The fourth-order valence-electron chi connectivity index (χ4n) is 4.40. The van der Waals surface area contributed by atoms with Crippen LogP contribution < -0.4 is 17.0 Å². The smallest absolute Gasteiger partial charge is 0.347 e. The molecule has 2 unspecified atom stereocenters. The number of hydrogen-bond acceptors (Lipinski definition) is 3. The van der Waals surface area contributed by atoms with Gasteiger partial charge in [0.25, 0.3) is 0 Å². The second kappa shape index (κ2) is 8.64. The number of hydrogen-bond donors (Lipinski definition) is 1.